The Kier molecular flexibility index (Phi) is 3.08. The fraction of sp³-hybridized carbons (Fsp3) is 0.125. The molecule has 2 heterocycles. The van der Waals surface area contributed by atoms with E-state index in [1.807, 2.05) is 0 Å². The zero-order chi connectivity index (χ0) is 10.8. The number of hydrogen-bond acceptors (Lipinski definition) is 5. The largest absolute Gasteiger partial charge is 0.301 e. The van der Waals surface area contributed by atoms with E-state index in [0.29, 0.717) is 16.0 Å². The standard InChI is InChI=1S/C8H6ClN3OS2/c1-4-2-6(13)12-7(10-4)15-8-11-5(9)3-14-8/h2-3H,1H3,(H,10,12,13). The molecule has 2 aromatic rings. The molecule has 78 valence electrons. The first-order valence-electron chi connectivity index (χ1n) is 4.00. The summed E-state index contributed by atoms with van der Waals surface area (Å²) >= 11 is 8.39. The van der Waals surface area contributed by atoms with Gasteiger partial charge < -0.3 is 4.98 Å². The maximum atomic E-state index is 11.2. The van der Waals surface area contributed by atoms with Crippen LogP contribution in [0.1, 0.15) is 5.69 Å². The van der Waals surface area contributed by atoms with Crippen molar-refractivity contribution < 1.29 is 0 Å². The molecule has 0 aliphatic carbocycles. The van der Waals surface area contributed by atoms with Crippen LogP contribution in [-0.2, 0) is 0 Å². The molecule has 0 bridgehead atoms. The lowest BCUT2D eigenvalue weighted by Crippen LogP contribution is -2.07. The fourth-order valence-electron chi connectivity index (χ4n) is 0.968. The fourth-order valence-corrected chi connectivity index (χ4v) is 2.91. The molecule has 0 unspecified atom stereocenters. The molecule has 2 rings (SSSR count). The van der Waals surface area contributed by atoms with Crippen molar-refractivity contribution in [1.29, 1.82) is 0 Å². The highest BCUT2D eigenvalue weighted by Gasteiger charge is 2.05. The topological polar surface area (TPSA) is 58.6 Å². The van der Waals surface area contributed by atoms with Gasteiger partial charge in [-0.05, 0) is 18.7 Å². The van der Waals surface area contributed by atoms with Gasteiger partial charge in [0.1, 0.15) is 5.15 Å². The Bertz CT molecular complexity index is 537. The minimum atomic E-state index is -0.160. The van der Waals surface area contributed by atoms with Crippen LogP contribution in [-0.4, -0.2) is 15.0 Å². The maximum Gasteiger partial charge on any atom is 0.251 e. The Morgan fingerprint density at radius 2 is 2.33 bits per heavy atom. The molecule has 0 amide bonds. The van der Waals surface area contributed by atoms with E-state index in [-0.39, 0.29) is 5.56 Å². The molecular weight excluding hydrogens is 254 g/mol. The van der Waals surface area contributed by atoms with Crippen molar-refractivity contribution in [3.05, 3.63) is 32.6 Å². The van der Waals surface area contributed by atoms with Gasteiger partial charge in [0, 0.05) is 17.1 Å². The van der Waals surface area contributed by atoms with E-state index in [2.05, 4.69) is 15.0 Å². The normalized spacial score (nSPS) is 10.5. The van der Waals surface area contributed by atoms with Gasteiger partial charge in [-0.3, -0.25) is 4.79 Å². The van der Waals surface area contributed by atoms with Crippen molar-refractivity contribution in [2.45, 2.75) is 16.4 Å². The number of rotatable bonds is 2. The molecule has 4 nitrogen and oxygen atoms in total. The molecule has 15 heavy (non-hydrogen) atoms. The molecule has 0 aliphatic heterocycles. The first-order chi connectivity index (χ1) is 7.13. The van der Waals surface area contributed by atoms with Crippen molar-refractivity contribution in [1.82, 2.24) is 15.0 Å². The number of aromatic nitrogens is 3. The van der Waals surface area contributed by atoms with Crippen LogP contribution in [0.5, 0.6) is 0 Å². The van der Waals surface area contributed by atoms with Gasteiger partial charge in [-0.1, -0.05) is 11.6 Å². The van der Waals surface area contributed by atoms with Crippen molar-refractivity contribution in [2.75, 3.05) is 0 Å². The zero-order valence-electron chi connectivity index (χ0n) is 7.65. The van der Waals surface area contributed by atoms with Crippen molar-refractivity contribution in [3.8, 4) is 0 Å². The minimum absolute atomic E-state index is 0.160. The highest BCUT2D eigenvalue weighted by molar-refractivity contribution is 8.00. The number of H-pyrrole nitrogens is 1. The first kappa shape index (κ1) is 10.7. The Morgan fingerprint density at radius 3 is 2.93 bits per heavy atom. The monoisotopic (exact) mass is 259 g/mol. The zero-order valence-corrected chi connectivity index (χ0v) is 10.0. The van der Waals surface area contributed by atoms with Gasteiger partial charge in [0.05, 0.1) is 0 Å². The second kappa shape index (κ2) is 4.34. The number of thiazole rings is 1. The minimum Gasteiger partial charge on any atom is -0.301 e. The predicted octanol–water partition coefficient (Wildman–Crippen LogP) is 2.34. The second-order valence-electron chi connectivity index (χ2n) is 2.73. The molecule has 0 spiro atoms. The third-order valence-electron chi connectivity index (χ3n) is 1.49. The summed E-state index contributed by atoms with van der Waals surface area (Å²) in [5, 5.41) is 2.72. The van der Waals surface area contributed by atoms with Crippen LogP contribution in [0.25, 0.3) is 0 Å². The molecule has 7 heteroatoms. The molecule has 1 N–H and O–H groups in total. The van der Waals surface area contributed by atoms with Crippen LogP contribution < -0.4 is 5.56 Å². The van der Waals surface area contributed by atoms with E-state index >= 15 is 0 Å². The number of aromatic amines is 1. The van der Waals surface area contributed by atoms with Crippen LogP contribution >= 0.6 is 34.7 Å². The van der Waals surface area contributed by atoms with Crippen LogP contribution in [0, 0.1) is 6.92 Å². The maximum absolute atomic E-state index is 11.2. The quantitative estimate of drug-likeness (QED) is 0.841. The highest BCUT2D eigenvalue weighted by atomic mass is 35.5. The summed E-state index contributed by atoms with van der Waals surface area (Å²) in [6.45, 7) is 1.77. The predicted molar refractivity (Wildman–Crippen MR) is 60.8 cm³/mol. The third kappa shape index (κ3) is 2.80. The van der Waals surface area contributed by atoms with E-state index in [9.17, 15) is 4.79 Å². The van der Waals surface area contributed by atoms with Crippen LogP contribution in [0.15, 0.2) is 25.7 Å². The summed E-state index contributed by atoms with van der Waals surface area (Å²) in [5.41, 5.74) is 0.525. The molecule has 0 saturated carbocycles. The number of nitrogens with one attached hydrogen (secondary N) is 1. The van der Waals surface area contributed by atoms with Gasteiger partial charge in [0.25, 0.3) is 5.56 Å². The van der Waals surface area contributed by atoms with Crippen molar-refractivity contribution in [3.63, 3.8) is 0 Å². The van der Waals surface area contributed by atoms with Crippen LogP contribution in [0.4, 0.5) is 0 Å². The van der Waals surface area contributed by atoms with E-state index in [0.717, 1.165) is 4.34 Å². The summed E-state index contributed by atoms with van der Waals surface area (Å²) in [4.78, 5) is 22.0. The molecule has 2 aromatic heterocycles. The van der Waals surface area contributed by atoms with Gasteiger partial charge in [0.15, 0.2) is 9.50 Å². The molecule has 0 aromatic carbocycles. The smallest absolute Gasteiger partial charge is 0.251 e. The summed E-state index contributed by atoms with van der Waals surface area (Å²) in [5.74, 6) is 0. The molecular formula is C8H6ClN3OS2. The Balaban J connectivity index is 2.28. The molecule has 0 aliphatic rings. The van der Waals surface area contributed by atoms with E-state index in [1.165, 1.54) is 29.2 Å². The summed E-state index contributed by atoms with van der Waals surface area (Å²) in [6.07, 6.45) is 0. The van der Waals surface area contributed by atoms with Gasteiger partial charge in [0.2, 0.25) is 0 Å². The Hall–Kier alpha value is -0.850. The Labute approximate surface area is 98.7 Å². The van der Waals surface area contributed by atoms with Gasteiger partial charge in [-0.25, -0.2) is 9.97 Å². The molecule has 0 saturated heterocycles. The molecule has 0 radical (unpaired) electrons. The average Bonchev–Trinajstić information content (AvgIpc) is 2.49. The summed E-state index contributed by atoms with van der Waals surface area (Å²) < 4.78 is 0.758. The second-order valence-corrected chi connectivity index (χ2v) is 5.21. The number of halogens is 1. The number of nitrogens with zero attached hydrogens (tertiary/aromatic N) is 2. The van der Waals surface area contributed by atoms with Gasteiger partial charge >= 0.3 is 0 Å². The molecule has 0 atom stereocenters. The van der Waals surface area contributed by atoms with E-state index in [4.69, 9.17) is 11.6 Å². The Morgan fingerprint density at radius 1 is 1.53 bits per heavy atom. The highest BCUT2D eigenvalue weighted by Crippen LogP contribution is 2.28. The SMILES string of the molecule is Cc1cc(=O)[nH]c(Sc2nc(Cl)cs2)n1. The van der Waals surface area contributed by atoms with Gasteiger partial charge in [-0.2, -0.15) is 0 Å². The summed E-state index contributed by atoms with van der Waals surface area (Å²) in [7, 11) is 0. The van der Waals surface area contributed by atoms with E-state index < -0.39 is 0 Å². The first-order valence-corrected chi connectivity index (χ1v) is 6.08. The number of aryl methyl sites for hydroxylation is 1. The third-order valence-corrected chi connectivity index (χ3v) is 3.64. The summed E-state index contributed by atoms with van der Waals surface area (Å²) in [6, 6.07) is 1.44. The average molecular weight is 260 g/mol. The lowest BCUT2D eigenvalue weighted by atomic mass is 10.5. The van der Waals surface area contributed by atoms with Crippen molar-refractivity contribution in [2.24, 2.45) is 0 Å². The number of hydrogen-bond donors (Lipinski definition) is 1. The van der Waals surface area contributed by atoms with Crippen LogP contribution in [0.2, 0.25) is 5.15 Å². The lowest BCUT2D eigenvalue weighted by molar-refractivity contribution is 0.904. The lowest BCUT2D eigenvalue weighted by Gasteiger charge is -1.97. The molecule has 0 fully saturated rings. The van der Waals surface area contributed by atoms with E-state index in [1.54, 1.807) is 12.3 Å². The van der Waals surface area contributed by atoms with Crippen LogP contribution in [0.3, 0.4) is 0 Å². The van der Waals surface area contributed by atoms with Gasteiger partial charge in [-0.15, -0.1) is 11.3 Å². The van der Waals surface area contributed by atoms with Crippen molar-refractivity contribution >= 4 is 34.7 Å².